The van der Waals surface area contributed by atoms with Crippen LogP contribution < -0.4 is 5.32 Å². The summed E-state index contributed by atoms with van der Waals surface area (Å²) in [5, 5.41) is 3.57. The van der Waals surface area contributed by atoms with Gasteiger partial charge in [0, 0.05) is 6.04 Å². The number of nitrogens with one attached hydrogen (secondary N) is 1. The minimum atomic E-state index is 0.587. The van der Waals surface area contributed by atoms with Crippen molar-refractivity contribution in [1.82, 2.24) is 5.32 Å². The molecule has 0 aliphatic carbocycles. The molecule has 1 aromatic carbocycles. The molecule has 0 bridgehead atoms. The van der Waals surface area contributed by atoms with Gasteiger partial charge in [0.25, 0.3) is 0 Å². The molecule has 90 valence electrons. The van der Waals surface area contributed by atoms with E-state index in [0.717, 1.165) is 6.54 Å². The lowest BCUT2D eigenvalue weighted by atomic mass is 9.89. The molecule has 0 radical (unpaired) electrons. The van der Waals surface area contributed by atoms with Crippen LogP contribution in [-0.4, -0.2) is 12.6 Å². The topological polar surface area (TPSA) is 12.0 Å². The molecule has 0 heterocycles. The van der Waals surface area contributed by atoms with E-state index in [9.17, 15) is 0 Å². The summed E-state index contributed by atoms with van der Waals surface area (Å²) in [7, 11) is 0. The van der Waals surface area contributed by atoms with Crippen LogP contribution in [0.4, 0.5) is 0 Å². The SMILES string of the molecule is CCNC(CC)C(C)c1cc(C)cc(C)c1. The predicted molar refractivity (Wildman–Crippen MR) is 72.1 cm³/mol. The minimum Gasteiger partial charge on any atom is -0.314 e. The second kappa shape index (κ2) is 6.05. The van der Waals surface area contributed by atoms with Crippen molar-refractivity contribution in [2.45, 2.75) is 53.0 Å². The van der Waals surface area contributed by atoms with Crippen molar-refractivity contribution in [1.29, 1.82) is 0 Å². The fourth-order valence-corrected chi connectivity index (χ4v) is 2.44. The summed E-state index contributed by atoms with van der Waals surface area (Å²) in [5.74, 6) is 0.587. The Morgan fingerprint density at radius 2 is 1.62 bits per heavy atom. The molecule has 2 atom stereocenters. The summed E-state index contributed by atoms with van der Waals surface area (Å²) in [6.07, 6.45) is 1.18. The molecule has 0 amide bonds. The van der Waals surface area contributed by atoms with Gasteiger partial charge in [-0.1, -0.05) is 50.1 Å². The van der Waals surface area contributed by atoms with Gasteiger partial charge in [0.1, 0.15) is 0 Å². The van der Waals surface area contributed by atoms with Crippen molar-refractivity contribution in [2.24, 2.45) is 0 Å². The Morgan fingerprint density at radius 1 is 1.06 bits per heavy atom. The molecular weight excluding hydrogens is 194 g/mol. The Kier molecular flexibility index (Phi) is 5.01. The monoisotopic (exact) mass is 219 g/mol. The molecular formula is C15H25N. The highest BCUT2D eigenvalue weighted by Gasteiger charge is 2.16. The summed E-state index contributed by atoms with van der Waals surface area (Å²) < 4.78 is 0. The summed E-state index contributed by atoms with van der Waals surface area (Å²) in [6, 6.07) is 7.46. The maximum absolute atomic E-state index is 3.57. The second-order valence-electron chi connectivity index (χ2n) is 4.78. The van der Waals surface area contributed by atoms with Gasteiger partial charge < -0.3 is 5.32 Å². The van der Waals surface area contributed by atoms with E-state index < -0.39 is 0 Å². The smallest absolute Gasteiger partial charge is 0.0130 e. The van der Waals surface area contributed by atoms with Crippen LogP contribution in [-0.2, 0) is 0 Å². The zero-order chi connectivity index (χ0) is 12.1. The Hall–Kier alpha value is -0.820. The summed E-state index contributed by atoms with van der Waals surface area (Å²) in [6.45, 7) is 12.2. The van der Waals surface area contributed by atoms with Crippen LogP contribution in [0.2, 0.25) is 0 Å². The van der Waals surface area contributed by atoms with Crippen molar-refractivity contribution in [3.63, 3.8) is 0 Å². The molecule has 0 aliphatic heterocycles. The quantitative estimate of drug-likeness (QED) is 0.794. The fourth-order valence-electron chi connectivity index (χ4n) is 2.44. The third kappa shape index (κ3) is 3.34. The van der Waals surface area contributed by atoms with Crippen LogP contribution in [0.3, 0.4) is 0 Å². The average Bonchev–Trinajstić information content (AvgIpc) is 2.23. The zero-order valence-corrected chi connectivity index (χ0v) is 11.3. The number of aryl methyl sites for hydroxylation is 2. The first-order valence-corrected chi connectivity index (χ1v) is 6.40. The molecule has 2 unspecified atom stereocenters. The average molecular weight is 219 g/mol. The molecule has 0 saturated carbocycles. The van der Waals surface area contributed by atoms with E-state index in [1.54, 1.807) is 0 Å². The predicted octanol–water partition coefficient (Wildman–Crippen LogP) is 3.80. The molecule has 1 aromatic rings. The Morgan fingerprint density at radius 3 is 2.06 bits per heavy atom. The number of benzene rings is 1. The first-order valence-electron chi connectivity index (χ1n) is 6.40. The van der Waals surface area contributed by atoms with E-state index in [-0.39, 0.29) is 0 Å². The van der Waals surface area contributed by atoms with Crippen LogP contribution in [0.1, 0.15) is 49.8 Å². The Bertz CT molecular complexity index is 310. The molecule has 0 saturated heterocycles. The maximum atomic E-state index is 3.57. The zero-order valence-electron chi connectivity index (χ0n) is 11.3. The highest BCUT2D eigenvalue weighted by molar-refractivity contribution is 5.31. The first-order chi connectivity index (χ1) is 7.58. The molecule has 1 rings (SSSR count). The second-order valence-corrected chi connectivity index (χ2v) is 4.78. The van der Waals surface area contributed by atoms with Crippen molar-refractivity contribution in [3.05, 3.63) is 34.9 Å². The van der Waals surface area contributed by atoms with E-state index in [0.29, 0.717) is 12.0 Å². The lowest BCUT2D eigenvalue weighted by Crippen LogP contribution is -2.33. The molecule has 0 fully saturated rings. The Balaban J connectivity index is 2.89. The first kappa shape index (κ1) is 13.2. The molecule has 0 aliphatic rings. The van der Waals surface area contributed by atoms with Gasteiger partial charge in [-0.25, -0.2) is 0 Å². The lowest BCUT2D eigenvalue weighted by Gasteiger charge is -2.24. The molecule has 0 aromatic heterocycles. The number of hydrogen-bond acceptors (Lipinski definition) is 1. The van der Waals surface area contributed by atoms with E-state index in [2.05, 4.69) is 58.1 Å². The summed E-state index contributed by atoms with van der Waals surface area (Å²) in [4.78, 5) is 0. The fraction of sp³-hybridized carbons (Fsp3) is 0.600. The molecule has 16 heavy (non-hydrogen) atoms. The normalized spacial score (nSPS) is 14.8. The van der Waals surface area contributed by atoms with Gasteiger partial charge in [0.2, 0.25) is 0 Å². The van der Waals surface area contributed by atoms with E-state index in [1.165, 1.54) is 23.1 Å². The summed E-state index contributed by atoms with van der Waals surface area (Å²) in [5.41, 5.74) is 4.20. The lowest BCUT2D eigenvalue weighted by molar-refractivity contribution is 0.448. The molecule has 0 spiro atoms. The van der Waals surface area contributed by atoms with Crippen molar-refractivity contribution in [2.75, 3.05) is 6.54 Å². The maximum Gasteiger partial charge on any atom is 0.0130 e. The third-order valence-electron chi connectivity index (χ3n) is 3.28. The van der Waals surface area contributed by atoms with Crippen molar-refractivity contribution in [3.8, 4) is 0 Å². The van der Waals surface area contributed by atoms with Crippen LogP contribution >= 0.6 is 0 Å². The number of rotatable bonds is 5. The molecule has 1 N–H and O–H groups in total. The van der Waals surface area contributed by atoms with Crippen LogP contribution in [0, 0.1) is 13.8 Å². The third-order valence-corrected chi connectivity index (χ3v) is 3.28. The largest absolute Gasteiger partial charge is 0.314 e. The van der Waals surface area contributed by atoms with Gasteiger partial charge in [-0.15, -0.1) is 0 Å². The van der Waals surface area contributed by atoms with E-state index in [4.69, 9.17) is 0 Å². The Labute approximate surface area is 100 Å². The van der Waals surface area contributed by atoms with Crippen molar-refractivity contribution >= 4 is 0 Å². The van der Waals surface area contributed by atoms with Crippen LogP contribution in [0.25, 0.3) is 0 Å². The molecule has 1 heteroatoms. The van der Waals surface area contributed by atoms with Gasteiger partial charge in [0.05, 0.1) is 0 Å². The van der Waals surface area contributed by atoms with Gasteiger partial charge in [-0.3, -0.25) is 0 Å². The standard InChI is InChI=1S/C15H25N/c1-6-15(16-7-2)13(5)14-9-11(3)8-12(4)10-14/h8-10,13,15-16H,6-7H2,1-5H3. The van der Waals surface area contributed by atoms with E-state index in [1.807, 2.05) is 0 Å². The van der Waals surface area contributed by atoms with E-state index >= 15 is 0 Å². The van der Waals surface area contributed by atoms with Crippen LogP contribution in [0.5, 0.6) is 0 Å². The highest BCUT2D eigenvalue weighted by Crippen LogP contribution is 2.23. The number of likely N-dealkylation sites (N-methyl/N-ethyl adjacent to an activating group) is 1. The van der Waals surface area contributed by atoms with Crippen molar-refractivity contribution < 1.29 is 0 Å². The van der Waals surface area contributed by atoms with Gasteiger partial charge in [0.15, 0.2) is 0 Å². The number of hydrogen-bond donors (Lipinski definition) is 1. The highest BCUT2D eigenvalue weighted by atomic mass is 14.9. The minimum absolute atomic E-state index is 0.587. The van der Waals surface area contributed by atoms with Gasteiger partial charge in [-0.2, -0.15) is 0 Å². The van der Waals surface area contributed by atoms with Gasteiger partial charge >= 0.3 is 0 Å². The summed E-state index contributed by atoms with van der Waals surface area (Å²) >= 11 is 0. The van der Waals surface area contributed by atoms with Gasteiger partial charge in [-0.05, 0) is 38.3 Å². The molecule has 1 nitrogen and oxygen atoms in total. The van der Waals surface area contributed by atoms with Crippen LogP contribution in [0.15, 0.2) is 18.2 Å².